The van der Waals surface area contributed by atoms with Crippen LogP contribution in [0.4, 0.5) is 5.69 Å². The Morgan fingerprint density at radius 2 is 1.90 bits per heavy atom. The number of nitrogens with one attached hydrogen (secondary N) is 2. The second kappa shape index (κ2) is 4.86. The number of phenols is 1. The second-order valence-corrected chi connectivity index (χ2v) is 4.71. The maximum atomic E-state index is 11.2. The van der Waals surface area contributed by atoms with Crippen molar-refractivity contribution in [3.05, 3.63) is 57.5 Å². The second-order valence-electron chi connectivity index (χ2n) is 4.27. The molecule has 0 unspecified atom stereocenters. The summed E-state index contributed by atoms with van der Waals surface area (Å²) in [6.45, 7) is 0. The molecule has 0 atom stereocenters. The van der Waals surface area contributed by atoms with Crippen LogP contribution in [-0.2, 0) is 0 Å². The fourth-order valence-corrected chi connectivity index (χ4v) is 2.05. The van der Waals surface area contributed by atoms with Crippen molar-refractivity contribution in [1.29, 1.82) is 0 Å². The summed E-state index contributed by atoms with van der Waals surface area (Å²) >= 11 is 5.86. The third-order valence-electron chi connectivity index (χ3n) is 2.84. The first-order valence-electron chi connectivity index (χ1n) is 5.86. The SMILES string of the molecule is O=c1[nH]c2ccc(N=Cc3cc(Cl)ccc3O)cc2[nH]1. The van der Waals surface area contributed by atoms with E-state index in [4.69, 9.17) is 11.6 Å². The van der Waals surface area contributed by atoms with Crippen LogP contribution in [0.5, 0.6) is 5.75 Å². The zero-order chi connectivity index (χ0) is 14.1. The first-order chi connectivity index (χ1) is 9.61. The number of aromatic amines is 2. The van der Waals surface area contributed by atoms with E-state index in [0.29, 0.717) is 21.8 Å². The number of nitrogens with zero attached hydrogens (tertiary/aromatic N) is 1. The predicted molar refractivity (Wildman–Crippen MR) is 79.3 cm³/mol. The number of aromatic hydroxyl groups is 1. The van der Waals surface area contributed by atoms with Crippen LogP contribution in [0.2, 0.25) is 5.02 Å². The standard InChI is InChI=1S/C14H10ClN3O2/c15-9-1-4-13(19)8(5-9)7-16-10-2-3-11-12(6-10)18-14(20)17-11/h1-7,19H,(H2,17,18,20). The number of halogens is 1. The van der Waals surface area contributed by atoms with Crippen LogP contribution in [-0.4, -0.2) is 21.3 Å². The summed E-state index contributed by atoms with van der Waals surface area (Å²) in [4.78, 5) is 20.7. The van der Waals surface area contributed by atoms with Crippen LogP contribution in [0.1, 0.15) is 5.56 Å². The van der Waals surface area contributed by atoms with Crippen LogP contribution in [0.15, 0.2) is 46.2 Å². The third kappa shape index (κ3) is 2.44. The molecule has 1 heterocycles. The summed E-state index contributed by atoms with van der Waals surface area (Å²) in [5.41, 5.74) is 2.33. The molecular weight excluding hydrogens is 278 g/mol. The van der Waals surface area contributed by atoms with Gasteiger partial charge in [-0.1, -0.05) is 11.6 Å². The van der Waals surface area contributed by atoms with Gasteiger partial charge in [0, 0.05) is 16.8 Å². The fourth-order valence-electron chi connectivity index (χ4n) is 1.87. The third-order valence-corrected chi connectivity index (χ3v) is 3.08. The highest BCUT2D eigenvalue weighted by Gasteiger charge is 2.01. The fraction of sp³-hybridized carbons (Fsp3) is 0. The molecule has 0 fully saturated rings. The minimum atomic E-state index is -0.256. The molecule has 0 saturated carbocycles. The van der Waals surface area contributed by atoms with Crippen LogP contribution < -0.4 is 5.69 Å². The molecule has 0 bridgehead atoms. The first kappa shape index (κ1) is 12.5. The van der Waals surface area contributed by atoms with Crippen molar-refractivity contribution in [2.75, 3.05) is 0 Å². The molecule has 2 aromatic carbocycles. The first-order valence-corrected chi connectivity index (χ1v) is 6.24. The van der Waals surface area contributed by atoms with Gasteiger partial charge in [-0.3, -0.25) is 4.99 Å². The van der Waals surface area contributed by atoms with Crippen LogP contribution in [0.3, 0.4) is 0 Å². The van der Waals surface area contributed by atoms with E-state index in [-0.39, 0.29) is 11.4 Å². The maximum Gasteiger partial charge on any atom is 0.323 e. The number of hydrogen-bond donors (Lipinski definition) is 3. The van der Waals surface area contributed by atoms with Crippen molar-refractivity contribution in [3.63, 3.8) is 0 Å². The van der Waals surface area contributed by atoms with Gasteiger partial charge in [0.1, 0.15) is 5.75 Å². The number of benzene rings is 2. The van der Waals surface area contributed by atoms with Crippen LogP contribution in [0, 0.1) is 0 Å². The molecule has 1 aromatic heterocycles. The number of H-pyrrole nitrogens is 2. The summed E-state index contributed by atoms with van der Waals surface area (Å²) in [6.07, 6.45) is 1.52. The Morgan fingerprint density at radius 1 is 1.10 bits per heavy atom. The maximum absolute atomic E-state index is 11.2. The van der Waals surface area contributed by atoms with E-state index in [1.54, 1.807) is 30.3 Å². The van der Waals surface area contributed by atoms with Gasteiger partial charge in [0.15, 0.2) is 0 Å². The summed E-state index contributed by atoms with van der Waals surface area (Å²) < 4.78 is 0. The Hall–Kier alpha value is -2.53. The largest absolute Gasteiger partial charge is 0.507 e. The number of phenolic OH excluding ortho intramolecular Hbond substituents is 1. The Bertz CT molecular complexity index is 864. The molecule has 3 aromatic rings. The van der Waals surface area contributed by atoms with E-state index in [1.807, 2.05) is 0 Å². The van der Waals surface area contributed by atoms with Gasteiger partial charge in [-0.05, 0) is 36.4 Å². The van der Waals surface area contributed by atoms with Gasteiger partial charge in [0.2, 0.25) is 0 Å². The topological polar surface area (TPSA) is 81.2 Å². The zero-order valence-corrected chi connectivity index (χ0v) is 11.0. The lowest BCUT2D eigenvalue weighted by atomic mass is 10.2. The highest BCUT2D eigenvalue weighted by Crippen LogP contribution is 2.22. The molecule has 0 spiro atoms. The number of rotatable bonds is 2. The van der Waals surface area contributed by atoms with Gasteiger partial charge in [-0.25, -0.2) is 4.79 Å². The molecule has 0 aliphatic heterocycles. The van der Waals surface area contributed by atoms with E-state index in [0.717, 1.165) is 5.52 Å². The van der Waals surface area contributed by atoms with Gasteiger partial charge in [-0.15, -0.1) is 0 Å². The quantitative estimate of drug-likeness (QED) is 0.633. The number of aromatic nitrogens is 2. The van der Waals surface area contributed by atoms with Crippen molar-refractivity contribution in [3.8, 4) is 5.75 Å². The zero-order valence-electron chi connectivity index (χ0n) is 10.2. The van der Waals surface area contributed by atoms with Crippen molar-refractivity contribution in [1.82, 2.24) is 9.97 Å². The molecule has 0 radical (unpaired) electrons. The van der Waals surface area contributed by atoms with Gasteiger partial charge in [0.05, 0.1) is 16.7 Å². The average molecular weight is 288 g/mol. The molecule has 100 valence electrons. The molecule has 6 heteroatoms. The Balaban J connectivity index is 1.97. The summed E-state index contributed by atoms with van der Waals surface area (Å²) in [6, 6.07) is 10.0. The van der Waals surface area contributed by atoms with Gasteiger partial charge in [0.25, 0.3) is 0 Å². The molecule has 0 aliphatic rings. The summed E-state index contributed by atoms with van der Waals surface area (Å²) in [5.74, 6) is 0.106. The molecule has 5 nitrogen and oxygen atoms in total. The average Bonchev–Trinajstić information content (AvgIpc) is 2.79. The van der Waals surface area contributed by atoms with Gasteiger partial charge in [-0.2, -0.15) is 0 Å². The summed E-state index contributed by atoms with van der Waals surface area (Å²) in [7, 11) is 0. The lowest BCUT2D eigenvalue weighted by molar-refractivity contribution is 0.474. The Morgan fingerprint density at radius 3 is 2.75 bits per heavy atom. The molecule has 0 aliphatic carbocycles. The molecule has 0 amide bonds. The highest BCUT2D eigenvalue weighted by atomic mass is 35.5. The summed E-state index contributed by atoms with van der Waals surface area (Å²) in [5, 5.41) is 10.2. The molecule has 3 rings (SSSR count). The number of imidazole rings is 1. The van der Waals surface area contributed by atoms with Crippen molar-refractivity contribution in [2.45, 2.75) is 0 Å². The van der Waals surface area contributed by atoms with Crippen LogP contribution in [0.25, 0.3) is 11.0 Å². The van der Waals surface area contributed by atoms with E-state index in [2.05, 4.69) is 15.0 Å². The number of aliphatic imine (C=N–C) groups is 1. The molecular formula is C14H10ClN3O2. The van der Waals surface area contributed by atoms with E-state index < -0.39 is 0 Å². The smallest absolute Gasteiger partial charge is 0.323 e. The van der Waals surface area contributed by atoms with Gasteiger partial charge < -0.3 is 15.1 Å². The molecule has 0 saturated heterocycles. The predicted octanol–water partition coefficient (Wildman–Crippen LogP) is 2.97. The molecule has 3 N–H and O–H groups in total. The highest BCUT2D eigenvalue weighted by molar-refractivity contribution is 6.30. The van der Waals surface area contributed by atoms with Crippen molar-refractivity contribution >= 4 is 34.5 Å². The number of hydrogen-bond acceptors (Lipinski definition) is 3. The van der Waals surface area contributed by atoms with Gasteiger partial charge >= 0.3 is 5.69 Å². The monoisotopic (exact) mass is 287 g/mol. The van der Waals surface area contributed by atoms with E-state index in [9.17, 15) is 9.90 Å². The Kier molecular flexibility index (Phi) is 3.04. The Labute approximate surface area is 118 Å². The minimum absolute atomic E-state index is 0.106. The van der Waals surface area contributed by atoms with E-state index in [1.165, 1.54) is 12.3 Å². The lowest BCUT2D eigenvalue weighted by Crippen LogP contribution is -1.99. The van der Waals surface area contributed by atoms with E-state index >= 15 is 0 Å². The lowest BCUT2D eigenvalue weighted by Gasteiger charge is -1.99. The normalized spacial score (nSPS) is 11.4. The minimum Gasteiger partial charge on any atom is -0.507 e. The number of fused-ring (bicyclic) bond motifs is 1. The molecule has 20 heavy (non-hydrogen) atoms. The van der Waals surface area contributed by atoms with Crippen molar-refractivity contribution < 1.29 is 5.11 Å². The van der Waals surface area contributed by atoms with Crippen molar-refractivity contribution in [2.24, 2.45) is 4.99 Å². The van der Waals surface area contributed by atoms with Crippen LogP contribution >= 0.6 is 11.6 Å².